The van der Waals surface area contributed by atoms with Crippen LogP contribution in [0.2, 0.25) is 0 Å². The van der Waals surface area contributed by atoms with Gasteiger partial charge in [-0.15, -0.1) is 11.8 Å². The number of thioether (sulfide) groups is 1. The molecular formula is C16H23N3O2S. The van der Waals surface area contributed by atoms with Crippen LogP contribution in [0.5, 0.6) is 0 Å². The molecule has 6 heteroatoms. The molecule has 1 aromatic rings. The molecule has 0 aliphatic heterocycles. The van der Waals surface area contributed by atoms with Gasteiger partial charge in [0.1, 0.15) is 0 Å². The normalized spacial score (nSPS) is 16.0. The zero-order chi connectivity index (χ0) is 15.8. The molecule has 0 saturated heterocycles. The fraction of sp³-hybridized carbons (Fsp3) is 0.500. The van der Waals surface area contributed by atoms with Crippen LogP contribution in [0.25, 0.3) is 0 Å². The van der Waals surface area contributed by atoms with Crippen LogP contribution in [-0.4, -0.2) is 43.9 Å². The number of methoxy groups -OCH3 is 1. The van der Waals surface area contributed by atoms with E-state index in [0.29, 0.717) is 13.0 Å². The molecule has 0 spiro atoms. The second-order valence-corrected chi connectivity index (χ2v) is 6.82. The van der Waals surface area contributed by atoms with Crippen molar-refractivity contribution < 1.29 is 9.53 Å². The number of hydrogen-bond acceptors (Lipinski definition) is 4. The minimum absolute atomic E-state index is 0.221. The third-order valence-corrected chi connectivity index (χ3v) is 5.03. The van der Waals surface area contributed by atoms with E-state index in [0.717, 1.165) is 12.5 Å². The highest BCUT2D eigenvalue weighted by atomic mass is 32.2. The van der Waals surface area contributed by atoms with E-state index in [2.05, 4.69) is 44.6 Å². The van der Waals surface area contributed by atoms with Gasteiger partial charge in [0.25, 0.3) is 0 Å². The quantitative estimate of drug-likeness (QED) is 0.457. The zero-order valence-electron chi connectivity index (χ0n) is 13.1. The molecule has 1 aliphatic carbocycles. The molecule has 2 rings (SSSR count). The van der Waals surface area contributed by atoms with E-state index in [1.165, 1.54) is 24.8 Å². The van der Waals surface area contributed by atoms with Gasteiger partial charge in [0.05, 0.1) is 13.5 Å². The number of guanidine groups is 1. The molecule has 22 heavy (non-hydrogen) atoms. The molecule has 0 heterocycles. The van der Waals surface area contributed by atoms with Gasteiger partial charge in [-0.2, -0.15) is 0 Å². The Hall–Kier alpha value is -1.69. The minimum atomic E-state index is -0.221. The molecule has 0 bridgehead atoms. The lowest BCUT2D eigenvalue weighted by Crippen LogP contribution is -2.41. The van der Waals surface area contributed by atoms with Gasteiger partial charge in [-0.1, -0.05) is 18.2 Å². The van der Waals surface area contributed by atoms with Crippen LogP contribution in [-0.2, 0) is 9.53 Å². The van der Waals surface area contributed by atoms with Gasteiger partial charge >= 0.3 is 5.97 Å². The molecular weight excluding hydrogens is 298 g/mol. The molecule has 2 N–H and O–H groups in total. The van der Waals surface area contributed by atoms with Crippen LogP contribution in [0.15, 0.2) is 40.2 Å². The van der Waals surface area contributed by atoms with Crippen molar-refractivity contribution in [2.45, 2.75) is 28.9 Å². The molecule has 1 aliphatic rings. The predicted octanol–water partition coefficient (Wildman–Crippen LogP) is 2.04. The lowest BCUT2D eigenvalue weighted by atomic mass is 10.4. The Labute approximate surface area is 135 Å². The highest BCUT2D eigenvalue weighted by Gasteiger charge is 2.43. The number of nitrogens with one attached hydrogen (secondary N) is 2. The summed E-state index contributed by atoms with van der Waals surface area (Å²) in [6.07, 6.45) is 2.75. The summed E-state index contributed by atoms with van der Waals surface area (Å²) in [6, 6.07) is 10.5. The Balaban J connectivity index is 1.75. The van der Waals surface area contributed by atoms with Crippen molar-refractivity contribution in [1.29, 1.82) is 0 Å². The molecule has 0 aromatic heterocycles. The Kier molecular flexibility index (Phi) is 6.12. The SMILES string of the molecule is CN=C(NCCC(=O)OC)NCC1(Sc2ccccc2)CC1. The van der Waals surface area contributed by atoms with Crippen LogP contribution in [0.1, 0.15) is 19.3 Å². The van der Waals surface area contributed by atoms with Crippen molar-refractivity contribution >= 4 is 23.7 Å². The highest BCUT2D eigenvalue weighted by Crippen LogP contribution is 2.51. The van der Waals surface area contributed by atoms with Gasteiger partial charge in [0.2, 0.25) is 0 Å². The number of rotatable bonds is 7. The molecule has 0 amide bonds. The van der Waals surface area contributed by atoms with E-state index in [1.807, 2.05) is 17.8 Å². The first-order chi connectivity index (χ1) is 10.7. The van der Waals surface area contributed by atoms with E-state index in [9.17, 15) is 4.79 Å². The summed E-state index contributed by atoms with van der Waals surface area (Å²) in [5, 5.41) is 6.48. The van der Waals surface area contributed by atoms with E-state index >= 15 is 0 Å². The molecule has 0 unspecified atom stereocenters. The largest absolute Gasteiger partial charge is 0.469 e. The van der Waals surface area contributed by atoms with E-state index in [-0.39, 0.29) is 10.7 Å². The average Bonchev–Trinajstić information content (AvgIpc) is 3.31. The monoisotopic (exact) mass is 321 g/mol. The summed E-state index contributed by atoms with van der Waals surface area (Å²) in [5.41, 5.74) is 0. The van der Waals surface area contributed by atoms with Crippen LogP contribution < -0.4 is 10.6 Å². The molecule has 0 atom stereocenters. The third kappa shape index (κ3) is 5.26. The number of hydrogen-bond donors (Lipinski definition) is 2. The van der Waals surface area contributed by atoms with Crippen LogP contribution in [0.4, 0.5) is 0 Å². The van der Waals surface area contributed by atoms with Crippen LogP contribution in [0.3, 0.4) is 0 Å². The first-order valence-electron chi connectivity index (χ1n) is 7.43. The number of aliphatic imine (C=N–C) groups is 1. The molecule has 1 fully saturated rings. The maximum atomic E-state index is 11.1. The Morgan fingerprint density at radius 3 is 2.64 bits per heavy atom. The van der Waals surface area contributed by atoms with Crippen molar-refractivity contribution in [2.24, 2.45) is 4.99 Å². The maximum Gasteiger partial charge on any atom is 0.307 e. The van der Waals surface area contributed by atoms with E-state index in [4.69, 9.17) is 0 Å². The summed E-state index contributed by atoms with van der Waals surface area (Å²) in [4.78, 5) is 16.6. The third-order valence-electron chi connectivity index (χ3n) is 3.54. The highest BCUT2D eigenvalue weighted by molar-refractivity contribution is 8.01. The van der Waals surface area contributed by atoms with E-state index < -0.39 is 0 Å². The average molecular weight is 321 g/mol. The lowest BCUT2D eigenvalue weighted by Gasteiger charge is -2.18. The van der Waals surface area contributed by atoms with Gasteiger partial charge in [-0.3, -0.25) is 9.79 Å². The summed E-state index contributed by atoms with van der Waals surface area (Å²) in [5.74, 6) is 0.505. The second kappa shape index (κ2) is 8.08. The number of ether oxygens (including phenoxy) is 1. The Morgan fingerprint density at radius 1 is 1.32 bits per heavy atom. The molecule has 120 valence electrons. The fourth-order valence-electron chi connectivity index (χ4n) is 2.04. The fourth-order valence-corrected chi connectivity index (χ4v) is 3.29. The first kappa shape index (κ1) is 16.7. The number of carbonyl (C=O) groups is 1. The zero-order valence-corrected chi connectivity index (χ0v) is 13.9. The molecule has 1 aromatic carbocycles. The minimum Gasteiger partial charge on any atom is -0.469 e. The van der Waals surface area contributed by atoms with Gasteiger partial charge in [-0.05, 0) is 25.0 Å². The molecule has 5 nitrogen and oxygen atoms in total. The number of benzene rings is 1. The first-order valence-corrected chi connectivity index (χ1v) is 8.24. The van der Waals surface area contributed by atoms with Gasteiger partial charge in [-0.25, -0.2) is 0 Å². The summed E-state index contributed by atoms with van der Waals surface area (Å²) < 4.78 is 4.88. The summed E-state index contributed by atoms with van der Waals surface area (Å²) in [6.45, 7) is 1.38. The van der Waals surface area contributed by atoms with Gasteiger partial charge < -0.3 is 15.4 Å². The van der Waals surface area contributed by atoms with Gasteiger partial charge in [0.15, 0.2) is 5.96 Å². The summed E-state index contributed by atoms with van der Waals surface area (Å²) >= 11 is 1.92. The van der Waals surface area contributed by atoms with Crippen molar-refractivity contribution in [3.05, 3.63) is 30.3 Å². The van der Waals surface area contributed by atoms with Crippen molar-refractivity contribution in [3.8, 4) is 0 Å². The van der Waals surface area contributed by atoms with Crippen LogP contribution >= 0.6 is 11.8 Å². The number of nitrogens with zero attached hydrogens (tertiary/aromatic N) is 1. The van der Waals surface area contributed by atoms with Crippen molar-refractivity contribution in [3.63, 3.8) is 0 Å². The van der Waals surface area contributed by atoms with Crippen LogP contribution in [0, 0.1) is 0 Å². The maximum absolute atomic E-state index is 11.1. The summed E-state index contributed by atoms with van der Waals surface area (Å²) in [7, 11) is 3.13. The Morgan fingerprint density at radius 2 is 2.05 bits per heavy atom. The predicted molar refractivity (Wildman–Crippen MR) is 90.3 cm³/mol. The van der Waals surface area contributed by atoms with E-state index in [1.54, 1.807) is 7.05 Å². The van der Waals surface area contributed by atoms with Crippen molar-refractivity contribution in [2.75, 3.05) is 27.2 Å². The standard InChI is InChI=1S/C16H23N3O2S/c1-17-15(18-11-8-14(20)21-2)19-12-16(9-10-16)22-13-6-4-3-5-7-13/h3-7H,8-12H2,1-2H3,(H2,17,18,19). The number of esters is 1. The van der Waals surface area contributed by atoms with Crippen molar-refractivity contribution in [1.82, 2.24) is 10.6 Å². The molecule has 1 saturated carbocycles. The topological polar surface area (TPSA) is 62.7 Å². The molecule has 0 radical (unpaired) electrons. The van der Waals surface area contributed by atoms with Gasteiger partial charge in [0, 0.05) is 29.8 Å². The number of carbonyl (C=O) groups excluding carboxylic acids is 1. The smallest absolute Gasteiger partial charge is 0.307 e. The lowest BCUT2D eigenvalue weighted by molar-refractivity contribution is -0.140. The second-order valence-electron chi connectivity index (χ2n) is 5.28. The Bertz CT molecular complexity index is 515.